The lowest BCUT2D eigenvalue weighted by Crippen LogP contribution is -2.16. The van der Waals surface area contributed by atoms with Gasteiger partial charge in [-0.3, -0.25) is 4.79 Å². The molecule has 0 saturated carbocycles. The van der Waals surface area contributed by atoms with Gasteiger partial charge in [0.05, 0.1) is 12.5 Å². The number of aliphatic hydroxyl groups excluding tert-OH is 1. The first-order chi connectivity index (χ1) is 7.22. The molecule has 2 nitrogen and oxygen atoms in total. The second kappa shape index (κ2) is 4.17. The monoisotopic (exact) mass is 222 g/mol. The minimum Gasteiger partial charge on any atom is -0.396 e. The second-order valence-electron chi connectivity index (χ2n) is 3.64. The molecule has 2 atom stereocenters. The van der Waals surface area contributed by atoms with E-state index >= 15 is 0 Å². The molecule has 0 amide bonds. The number of allylic oxidation sites excluding steroid dienone is 1. The summed E-state index contributed by atoms with van der Waals surface area (Å²) in [5.74, 6) is -0.290. The van der Waals surface area contributed by atoms with Gasteiger partial charge in [0.25, 0.3) is 0 Å². The summed E-state index contributed by atoms with van der Waals surface area (Å²) < 4.78 is 0. The Bertz CT molecular complexity index is 395. The Hall–Kier alpha value is -1.12. The number of carbonyl (C=O) groups excluding carboxylic acids is 1. The summed E-state index contributed by atoms with van der Waals surface area (Å²) in [6.45, 7) is -0.00443. The minimum absolute atomic E-state index is 0.00443. The van der Waals surface area contributed by atoms with Gasteiger partial charge in [0.2, 0.25) is 0 Å². The van der Waals surface area contributed by atoms with Crippen LogP contribution in [-0.4, -0.2) is 17.5 Å². The van der Waals surface area contributed by atoms with Crippen molar-refractivity contribution in [3.63, 3.8) is 0 Å². The van der Waals surface area contributed by atoms with E-state index < -0.39 is 0 Å². The largest absolute Gasteiger partial charge is 0.396 e. The van der Waals surface area contributed by atoms with E-state index in [1.807, 2.05) is 12.1 Å². The zero-order valence-electron chi connectivity index (χ0n) is 8.06. The third-order valence-electron chi connectivity index (χ3n) is 2.68. The number of hydrogen-bond donors (Lipinski definition) is 1. The standard InChI is InChI=1S/C12H11ClO2/c13-10-4-1-8(2-5-10)12-9(7-14)3-6-11(12)15/h1-6,9,12,14H,7H2. The summed E-state index contributed by atoms with van der Waals surface area (Å²) in [5, 5.41) is 9.79. The van der Waals surface area contributed by atoms with Crippen LogP contribution in [0.1, 0.15) is 11.5 Å². The number of aliphatic hydroxyl groups is 1. The molecule has 0 aliphatic heterocycles. The number of rotatable bonds is 2. The summed E-state index contributed by atoms with van der Waals surface area (Å²) in [6, 6.07) is 7.19. The van der Waals surface area contributed by atoms with Crippen LogP contribution in [0.2, 0.25) is 5.02 Å². The van der Waals surface area contributed by atoms with Gasteiger partial charge in [-0.15, -0.1) is 0 Å². The zero-order valence-corrected chi connectivity index (χ0v) is 8.82. The third kappa shape index (κ3) is 1.96. The van der Waals surface area contributed by atoms with Crippen LogP contribution in [0.25, 0.3) is 0 Å². The van der Waals surface area contributed by atoms with Gasteiger partial charge in [-0.1, -0.05) is 29.8 Å². The molecular formula is C12H11ClO2. The van der Waals surface area contributed by atoms with Crippen molar-refractivity contribution in [3.05, 3.63) is 47.0 Å². The number of ketones is 1. The quantitative estimate of drug-likeness (QED) is 0.833. The van der Waals surface area contributed by atoms with Crippen molar-refractivity contribution < 1.29 is 9.90 Å². The summed E-state index contributed by atoms with van der Waals surface area (Å²) >= 11 is 5.78. The molecule has 0 spiro atoms. The SMILES string of the molecule is O=C1C=CC(CO)C1c1ccc(Cl)cc1. The van der Waals surface area contributed by atoms with E-state index in [9.17, 15) is 4.79 Å². The fourth-order valence-corrected chi connectivity index (χ4v) is 2.02. The molecule has 2 unspecified atom stereocenters. The first-order valence-corrected chi connectivity index (χ1v) is 5.18. The molecular weight excluding hydrogens is 212 g/mol. The highest BCUT2D eigenvalue weighted by Gasteiger charge is 2.30. The van der Waals surface area contributed by atoms with Crippen LogP contribution in [-0.2, 0) is 4.79 Å². The number of halogens is 1. The van der Waals surface area contributed by atoms with Gasteiger partial charge in [0.1, 0.15) is 0 Å². The van der Waals surface area contributed by atoms with E-state index in [2.05, 4.69) is 0 Å². The molecule has 1 aliphatic carbocycles. The van der Waals surface area contributed by atoms with Crippen LogP contribution < -0.4 is 0 Å². The summed E-state index contributed by atoms with van der Waals surface area (Å²) in [5.41, 5.74) is 0.911. The normalized spacial score (nSPS) is 24.8. The highest BCUT2D eigenvalue weighted by Crippen LogP contribution is 2.32. The van der Waals surface area contributed by atoms with Gasteiger partial charge in [0.15, 0.2) is 5.78 Å². The lowest BCUT2D eigenvalue weighted by Gasteiger charge is -2.16. The van der Waals surface area contributed by atoms with Crippen molar-refractivity contribution in [2.45, 2.75) is 5.92 Å². The van der Waals surface area contributed by atoms with Crippen LogP contribution in [0.3, 0.4) is 0 Å². The molecule has 78 valence electrons. The Labute approximate surface area is 93.2 Å². The van der Waals surface area contributed by atoms with Crippen LogP contribution in [0.4, 0.5) is 0 Å². The Morgan fingerprint density at radius 1 is 1.27 bits per heavy atom. The van der Waals surface area contributed by atoms with Crippen LogP contribution >= 0.6 is 11.6 Å². The van der Waals surface area contributed by atoms with E-state index in [1.165, 1.54) is 0 Å². The van der Waals surface area contributed by atoms with Gasteiger partial charge in [-0.05, 0) is 23.8 Å². The third-order valence-corrected chi connectivity index (χ3v) is 2.93. The number of benzene rings is 1. The highest BCUT2D eigenvalue weighted by atomic mass is 35.5. The highest BCUT2D eigenvalue weighted by molar-refractivity contribution is 6.30. The first kappa shape index (κ1) is 10.4. The van der Waals surface area contributed by atoms with Crippen LogP contribution in [0, 0.1) is 5.92 Å². The van der Waals surface area contributed by atoms with Crippen LogP contribution in [0.15, 0.2) is 36.4 Å². The molecule has 0 heterocycles. The maximum atomic E-state index is 11.6. The predicted molar refractivity (Wildman–Crippen MR) is 58.9 cm³/mol. The topological polar surface area (TPSA) is 37.3 Å². The molecule has 0 bridgehead atoms. The molecule has 0 saturated heterocycles. The predicted octanol–water partition coefficient (Wildman–Crippen LogP) is 2.17. The molecule has 1 aromatic carbocycles. The Morgan fingerprint density at radius 3 is 2.53 bits per heavy atom. The zero-order chi connectivity index (χ0) is 10.8. The molecule has 0 aromatic heterocycles. The minimum atomic E-state index is -0.243. The van der Waals surface area contributed by atoms with E-state index in [-0.39, 0.29) is 24.2 Å². The Balaban J connectivity index is 2.30. The number of hydrogen-bond acceptors (Lipinski definition) is 2. The molecule has 1 N–H and O–H groups in total. The second-order valence-corrected chi connectivity index (χ2v) is 4.07. The lowest BCUT2D eigenvalue weighted by molar-refractivity contribution is -0.116. The average Bonchev–Trinajstić information content (AvgIpc) is 2.61. The fraction of sp³-hybridized carbons (Fsp3) is 0.250. The fourth-order valence-electron chi connectivity index (χ4n) is 1.89. The first-order valence-electron chi connectivity index (χ1n) is 4.80. The summed E-state index contributed by atoms with van der Waals surface area (Å²) in [7, 11) is 0. The molecule has 0 fully saturated rings. The van der Waals surface area contributed by atoms with E-state index in [1.54, 1.807) is 24.3 Å². The number of carbonyl (C=O) groups is 1. The Morgan fingerprint density at radius 2 is 1.93 bits per heavy atom. The van der Waals surface area contributed by atoms with Gasteiger partial charge in [-0.25, -0.2) is 0 Å². The summed E-state index contributed by atoms with van der Waals surface area (Å²) in [4.78, 5) is 11.6. The average molecular weight is 223 g/mol. The van der Waals surface area contributed by atoms with E-state index in [0.717, 1.165) is 5.56 Å². The lowest BCUT2D eigenvalue weighted by atomic mass is 9.88. The van der Waals surface area contributed by atoms with E-state index in [4.69, 9.17) is 16.7 Å². The van der Waals surface area contributed by atoms with Crippen molar-refractivity contribution in [1.29, 1.82) is 0 Å². The van der Waals surface area contributed by atoms with Crippen molar-refractivity contribution >= 4 is 17.4 Å². The van der Waals surface area contributed by atoms with Gasteiger partial charge >= 0.3 is 0 Å². The van der Waals surface area contributed by atoms with Gasteiger partial charge < -0.3 is 5.11 Å². The smallest absolute Gasteiger partial charge is 0.163 e. The van der Waals surface area contributed by atoms with Crippen molar-refractivity contribution in [3.8, 4) is 0 Å². The maximum absolute atomic E-state index is 11.6. The van der Waals surface area contributed by atoms with E-state index in [0.29, 0.717) is 5.02 Å². The van der Waals surface area contributed by atoms with Crippen molar-refractivity contribution in [2.75, 3.05) is 6.61 Å². The molecule has 15 heavy (non-hydrogen) atoms. The van der Waals surface area contributed by atoms with Gasteiger partial charge in [-0.2, -0.15) is 0 Å². The molecule has 1 aliphatic rings. The molecule has 1 aromatic rings. The van der Waals surface area contributed by atoms with Crippen molar-refractivity contribution in [2.24, 2.45) is 5.92 Å². The Kier molecular flexibility index (Phi) is 2.89. The van der Waals surface area contributed by atoms with Crippen LogP contribution in [0.5, 0.6) is 0 Å². The molecule has 3 heteroatoms. The molecule has 0 radical (unpaired) electrons. The van der Waals surface area contributed by atoms with Crippen molar-refractivity contribution in [1.82, 2.24) is 0 Å². The maximum Gasteiger partial charge on any atom is 0.163 e. The van der Waals surface area contributed by atoms with Gasteiger partial charge in [0, 0.05) is 10.9 Å². The summed E-state index contributed by atoms with van der Waals surface area (Å²) in [6.07, 6.45) is 3.31. The molecule has 2 rings (SSSR count).